The Kier molecular flexibility index (Phi) is 4.85. The van der Waals surface area contributed by atoms with Crippen LogP contribution in [-0.4, -0.2) is 22.6 Å². The number of aromatic amines is 1. The SMILES string of the molecule is Cc1[nH]c(=O)ccc1C(=O)NC(CO)c1cc(F)c(F)c(F)c1. The number of rotatable bonds is 4. The van der Waals surface area contributed by atoms with Gasteiger partial charge < -0.3 is 15.4 Å². The molecule has 8 heteroatoms. The van der Waals surface area contributed by atoms with Gasteiger partial charge in [0.15, 0.2) is 17.5 Å². The van der Waals surface area contributed by atoms with Crippen molar-refractivity contribution in [2.75, 3.05) is 6.61 Å². The molecule has 23 heavy (non-hydrogen) atoms. The molecule has 1 amide bonds. The van der Waals surface area contributed by atoms with Crippen molar-refractivity contribution in [3.8, 4) is 0 Å². The van der Waals surface area contributed by atoms with Gasteiger partial charge in [-0.2, -0.15) is 0 Å². The van der Waals surface area contributed by atoms with E-state index in [-0.39, 0.29) is 16.7 Å². The number of carbonyl (C=O) groups is 1. The molecule has 0 saturated heterocycles. The number of hydrogen-bond donors (Lipinski definition) is 3. The molecule has 3 N–H and O–H groups in total. The molecule has 0 aliphatic rings. The number of aryl methyl sites for hydroxylation is 1. The van der Waals surface area contributed by atoms with Crippen LogP contribution in [0.15, 0.2) is 29.1 Å². The Bertz CT molecular complexity index is 782. The molecule has 1 heterocycles. The van der Waals surface area contributed by atoms with Gasteiger partial charge in [-0.05, 0) is 30.7 Å². The summed E-state index contributed by atoms with van der Waals surface area (Å²) in [7, 11) is 0. The molecule has 1 atom stereocenters. The van der Waals surface area contributed by atoms with Crippen LogP contribution in [-0.2, 0) is 0 Å². The second-order valence-corrected chi connectivity index (χ2v) is 4.87. The summed E-state index contributed by atoms with van der Waals surface area (Å²) in [5.74, 6) is -5.14. The lowest BCUT2D eigenvalue weighted by atomic mass is 10.1. The van der Waals surface area contributed by atoms with Crippen LogP contribution < -0.4 is 10.9 Å². The quantitative estimate of drug-likeness (QED) is 0.746. The Hall–Kier alpha value is -2.61. The van der Waals surface area contributed by atoms with Gasteiger partial charge in [-0.1, -0.05) is 0 Å². The number of pyridine rings is 1. The van der Waals surface area contributed by atoms with Crippen LogP contribution in [0.4, 0.5) is 13.2 Å². The Morgan fingerprint density at radius 2 is 1.87 bits per heavy atom. The second kappa shape index (κ2) is 6.66. The number of halogens is 3. The van der Waals surface area contributed by atoms with Crippen molar-refractivity contribution < 1.29 is 23.1 Å². The van der Waals surface area contributed by atoms with Crippen molar-refractivity contribution in [2.45, 2.75) is 13.0 Å². The van der Waals surface area contributed by atoms with Gasteiger partial charge in [-0.15, -0.1) is 0 Å². The molecule has 0 aliphatic heterocycles. The summed E-state index contributed by atoms with van der Waals surface area (Å²) in [6, 6.07) is 2.67. The maximum Gasteiger partial charge on any atom is 0.253 e. The zero-order valence-corrected chi connectivity index (χ0v) is 12.0. The van der Waals surface area contributed by atoms with Crippen LogP contribution in [0.2, 0.25) is 0 Å². The summed E-state index contributed by atoms with van der Waals surface area (Å²) in [6.07, 6.45) is 0. The third-order valence-electron chi connectivity index (χ3n) is 3.26. The van der Waals surface area contributed by atoms with E-state index < -0.39 is 36.0 Å². The largest absolute Gasteiger partial charge is 0.394 e. The molecular formula is C15H13F3N2O3. The molecule has 2 aromatic rings. The van der Waals surface area contributed by atoms with Crippen molar-refractivity contribution in [3.05, 3.63) is 68.9 Å². The van der Waals surface area contributed by atoms with E-state index >= 15 is 0 Å². The van der Waals surface area contributed by atoms with Gasteiger partial charge in [0.05, 0.1) is 18.2 Å². The predicted molar refractivity (Wildman–Crippen MR) is 75.4 cm³/mol. The van der Waals surface area contributed by atoms with E-state index in [4.69, 9.17) is 0 Å². The van der Waals surface area contributed by atoms with Crippen LogP contribution in [0.1, 0.15) is 27.7 Å². The highest BCUT2D eigenvalue weighted by molar-refractivity contribution is 5.95. The van der Waals surface area contributed by atoms with Gasteiger partial charge in [0.1, 0.15) is 0 Å². The van der Waals surface area contributed by atoms with Crippen molar-refractivity contribution >= 4 is 5.91 Å². The number of aromatic nitrogens is 1. The van der Waals surface area contributed by atoms with Crippen LogP contribution in [0.3, 0.4) is 0 Å². The Morgan fingerprint density at radius 3 is 2.39 bits per heavy atom. The zero-order valence-electron chi connectivity index (χ0n) is 12.0. The molecule has 1 aromatic heterocycles. The van der Waals surface area contributed by atoms with Gasteiger partial charge in [0.25, 0.3) is 5.91 Å². The molecule has 0 spiro atoms. The first-order valence-corrected chi connectivity index (χ1v) is 6.59. The molecule has 0 saturated carbocycles. The first kappa shape index (κ1) is 16.8. The molecule has 0 aliphatic carbocycles. The summed E-state index contributed by atoms with van der Waals surface area (Å²) in [4.78, 5) is 25.7. The van der Waals surface area contributed by atoms with Crippen molar-refractivity contribution in [1.29, 1.82) is 0 Å². The number of aliphatic hydroxyl groups is 1. The van der Waals surface area contributed by atoms with Crippen LogP contribution >= 0.6 is 0 Å². The normalized spacial score (nSPS) is 12.0. The number of H-pyrrole nitrogens is 1. The van der Waals surface area contributed by atoms with Crippen molar-refractivity contribution in [2.24, 2.45) is 0 Å². The fourth-order valence-corrected chi connectivity index (χ4v) is 2.07. The van der Waals surface area contributed by atoms with Crippen LogP contribution in [0, 0.1) is 24.4 Å². The minimum atomic E-state index is -1.63. The Balaban J connectivity index is 2.29. The van der Waals surface area contributed by atoms with Crippen molar-refractivity contribution in [3.63, 3.8) is 0 Å². The van der Waals surface area contributed by atoms with Crippen molar-refractivity contribution in [1.82, 2.24) is 10.3 Å². The van der Waals surface area contributed by atoms with E-state index in [1.165, 1.54) is 13.0 Å². The summed E-state index contributed by atoms with van der Waals surface area (Å²) < 4.78 is 39.5. The fraction of sp³-hybridized carbons (Fsp3) is 0.200. The standard InChI is InChI=1S/C15H13F3N2O3/c1-7-9(2-3-13(22)19-7)15(23)20-12(6-21)8-4-10(16)14(18)11(17)5-8/h2-5,12,21H,6H2,1H3,(H,19,22)(H,20,23). The van der Waals surface area contributed by atoms with E-state index in [0.29, 0.717) is 17.8 Å². The van der Waals surface area contributed by atoms with Crippen LogP contribution in [0.5, 0.6) is 0 Å². The molecule has 2 rings (SSSR count). The van der Waals surface area contributed by atoms with E-state index in [1.54, 1.807) is 0 Å². The lowest BCUT2D eigenvalue weighted by Crippen LogP contribution is -2.32. The van der Waals surface area contributed by atoms with Gasteiger partial charge in [-0.25, -0.2) is 13.2 Å². The highest BCUT2D eigenvalue weighted by atomic mass is 19.2. The van der Waals surface area contributed by atoms with E-state index in [2.05, 4.69) is 10.3 Å². The Labute approximate surface area is 128 Å². The average molecular weight is 326 g/mol. The fourth-order valence-electron chi connectivity index (χ4n) is 2.07. The van der Waals surface area contributed by atoms with Gasteiger partial charge in [-0.3, -0.25) is 9.59 Å². The molecule has 0 radical (unpaired) electrons. The molecule has 0 bridgehead atoms. The number of nitrogens with one attached hydrogen (secondary N) is 2. The first-order chi connectivity index (χ1) is 10.8. The topological polar surface area (TPSA) is 82.2 Å². The lowest BCUT2D eigenvalue weighted by molar-refractivity contribution is 0.0914. The maximum atomic E-state index is 13.3. The number of aliphatic hydroxyl groups excluding tert-OH is 1. The molecule has 1 aromatic carbocycles. The van der Waals surface area contributed by atoms with Gasteiger partial charge >= 0.3 is 0 Å². The summed E-state index contributed by atoms with van der Waals surface area (Å²) in [6.45, 7) is 0.847. The monoisotopic (exact) mass is 326 g/mol. The zero-order chi connectivity index (χ0) is 17.1. The lowest BCUT2D eigenvalue weighted by Gasteiger charge is -2.18. The molecule has 1 unspecified atom stereocenters. The second-order valence-electron chi connectivity index (χ2n) is 4.87. The minimum Gasteiger partial charge on any atom is -0.394 e. The van der Waals surface area contributed by atoms with Gasteiger partial charge in [0.2, 0.25) is 5.56 Å². The van der Waals surface area contributed by atoms with E-state index in [1.807, 2.05) is 0 Å². The molecular weight excluding hydrogens is 313 g/mol. The number of amides is 1. The van der Waals surface area contributed by atoms with E-state index in [9.17, 15) is 27.9 Å². The highest BCUT2D eigenvalue weighted by Crippen LogP contribution is 2.20. The summed E-state index contributed by atoms with van der Waals surface area (Å²) >= 11 is 0. The highest BCUT2D eigenvalue weighted by Gasteiger charge is 2.20. The molecule has 0 fully saturated rings. The summed E-state index contributed by atoms with van der Waals surface area (Å²) in [5.41, 5.74) is -0.0889. The minimum absolute atomic E-state index is 0.126. The Morgan fingerprint density at radius 1 is 1.26 bits per heavy atom. The maximum absolute atomic E-state index is 13.3. The summed E-state index contributed by atoms with van der Waals surface area (Å²) in [5, 5.41) is 11.7. The first-order valence-electron chi connectivity index (χ1n) is 6.59. The molecule has 5 nitrogen and oxygen atoms in total. The number of benzene rings is 1. The third kappa shape index (κ3) is 3.59. The smallest absolute Gasteiger partial charge is 0.253 e. The molecule has 122 valence electrons. The predicted octanol–water partition coefficient (Wildman–Crippen LogP) is 1.56. The average Bonchev–Trinajstić information content (AvgIpc) is 2.49. The number of hydrogen-bond acceptors (Lipinski definition) is 3. The van der Waals surface area contributed by atoms with E-state index in [0.717, 1.165) is 6.07 Å². The third-order valence-corrected chi connectivity index (χ3v) is 3.26. The number of carbonyl (C=O) groups excluding carboxylic acids is 1. The van der Waals surface area contributed by atoms with Crippen LogP contribution in [0.25, 0.3) is 0 Å². The van der Waals surface area contributed by atoms with Gasteiger partial charge in [0, 0.05) is 11.8 Å².